The van der Waals surface area contributed by atoms with E-state index in [4.69, 9.17) is 4.74 Å². The number of nitrogens with zero attached hydrogens (tertiary/aromatic N) is 2. The molecule has 5 nitrogen and oxygen atoms in total. The van der Waals surface area contributed by atoms with Crippen molar-refractivity contribution < 1.29 is 9.53 Å². The smallest absolute Gasteiger partial charge is 0.322 e. The fraction of sp³-hybridized carbons (Fsp3) is 0.412. The van der Waals surface area contributed by atoms with Gasteiger partial charge in [-0.3, -0.25) is 4.79 Å². The van der Waals surface area contributed by atoms with Crippen molar-refractivity contribution in [1.29, 1.82) is 0 Å². The maximum Gasteiger partial charge on any atom is 0.322 e. The van der Waals surface area contributed by atoms with Gasteiger partial charge in [0.05, 0.1) is 12.8 Å². The van der Waals surface area contributed by atoms with Crippen LogP contribution in [0.25, 0.3) is 5.69 Å². The standard InChI is InChI=1S/C17H23N3O2/c1-13(2)11-16(17(21)22-3)18-12-14-5-7-15(8-6-14)20-10-4-9-19-20/h4-10,13,16,18H,11-12H2,1-3H3. The highest BCUT2D eigenvalue weighted by Gasteiger charge is 2.19. The van der Waals surface area contributed by atoms with E-state index >= 15 is 0 Å². The summed E-state index contributed by atoms with van der Waals surface area (Å²) in [5.41, 5.74) is 2.13. The molecule has 2 rings (SSSR count). The molecule has 0 fully saturated rings. The van der Waals surface area contributed by atoms with Crippen molar-refractivity contribution in [3.8, 4) is 5.69 Å². The van der Waals surface area contributed by atoms with E-state index in [1.807, 2.05) is 41.2 Å². The summed E-state index contributed by atoms with van der Waals surface area (Å²) in [6, 6.07) is 9.72. The molecule has 0 aliphatic carbocycles. The van der Waals surface area contributed by atoms with Gasteiger partial charge in [-0.05, 0) is 36.1 Å². The summed E-state index contributed by atoms with van der Waals surface area (Å²) in [7, 11) is 1.43. The van der Waals surface area contributed by atoms with Gasteiger partial charge >= 0.3 is 5.97 Å². The van der Waals surface area contributed by atoms with Crippen LogP contribution in [0, 0.1) is 5.92 Å². The topological polar surface area (TPSA) is 56.1 Å². The van der Waals surface area contributed by atoms with Gasteiger partial charge in [0.15, 0.2) is 0 Å². The zero-order valence-corrected chi connectivity index (χ0v) is 13.3. The van der Waals surface area contributed by atoms with E-state index in [0.29, 0.717) is 12.5 Å². The van der Waals surface area contributed by atoms with Crippen LogP contribution in [0.15, 0.2) is 42.7 Å². The Morgan fingerprint density at radius 3 is 2.59 bits per heavy atom. The minimum Gasteiger partial charge on any atom is -0.468 e. The number of nitrogens with one attached hydrogen (secondary N) is 1. The molecule has 1 aromatic heterocycles. The molecule has 1 atom stereocenters. The van der Waals surface area contributed by atoms with E-state index in [-0.39, 0.29) is 12.0 Å². The molecule has 0 radical (unpaired) electrons. The van der Waals surface area contributed by atoms with Crippen LogP contribution in [0.3, 0.4) is 0 Å². The van der Waals surface area contributed by atoms with Gasteiger partial charge in [0.25, 0.3) is 0 Å². The molecular formula is C17H23N3O2. The normalized spacial score (nSPS) is 12.4. The first-order valence-electron chi connectivity index (χ1n) is 7.50. The number of aromatic nitrogens is 2. The van der Waals surface area contributed by atoms with E-state index in [1.165, 1.54) is 7.11 Å². The van der Waals surface area contributed by atoms with Gasteiger partial charge in [-0.25, -0.2) is 4.68 Å². The molecule has 1 N–H and O–H groups in total. The van der Waals surface area contributed by atoms with Gasteiger partial charge in [-0.15, -0.1) is 0 Å². The third-order valence-electron chi connectivity index (χ3n) is 3.45. The predicted molar refractivity (Wildman–Crippen MR) is 85.7 cm³/mol. The average molecular weight is 301 g/mol. The Kier molecular flexibility index (Phi) is 5.72. The van der Waals surface area contributed by atoms with Crippen LogP contribution < -0.4 is 5.32 Å². The number of esters is 1. The quantitative estimate of drug-likeness (QED) is 0.799. The number of carbonyl (C=O) groups is 1. The van der Waals surface area contributed by atoms with Gasteiger partial charge < -0.3 is 10.1 Å². The number of carbonyl (C=O) groups excluding carboxylic acids is 1. The Bertz CT molecular complexity index is 576. The lowest BCUT2D eigenvalue weighted by atomic mass is 10.0. The summed E-state index contributed by atoms with van der Waals surface area (Å²) >= 11 is 0. The van der Waals surface area contributed by atoms with E-state index < -0.39 is 0 Å². The number of rotatable bonds is 7. The molecule has 1 heterocycles. The van der Waals surface area contributed by atoms with Gasteiger partial charge in [0.1, 0.15) is 6.04 Å². The molecule has 0 aliphatic heterocycles. The van der Waals surface area contributed by atoms with Gasteiger partial charge in [0, 0.05) is 18.9 Å². The third-order valence-corrected chi connectivity index (χ3v) is 3.45. The number of benzene rings is 1. The SMILES string of the molecule is COC(=O)C(CC(C)C)NCc1ccc(-n2cccn2)cc1. The van der Waals surface area contributed by atoms with Crippen molar-refractivity contribution in [3.05, 3.63) is 48.3 Å². The second-order valence-corrected chi connectivity index (χ2v) is 5.70. The lowest BCUT2D eigenvalue weighted by Crippen LogP contribution is -2.38. The Morgan fingerprint density at radius 1 is 1.32 bits per heavy atom. The van der Waals surface area contributed by atoms with Crippen LogP contribution in [-0.2, 0) is 16.1 Å². The summed E-state index contributed by atoms with van der Waals surface area (Å²) < 4.78 is 6.67. The molecule has 0 spiro atoms. The minimum absolute atomic E-state index is 0.207. The number of hydrogen-bond acceptors (Lipinski definition) is 4. The summed E-state index contributed by atoms with van der Waals surface area (Å²) in [5.74, 6) is 0.223. The molecule has 2 aromatic rings. The summed E-state index contributed by atoms with van der Waals surface area (Å²) in [6.07, 6.45) is 4.42. The van der Waals surface area contributed by atoms with Crippen LogP contribution in [0.1, 0.15) is 25.8 Å². The zero-order chi connectivity index (χ0) is 15.9. The first-order valence-corrected chi connectivity index (χ1v) is 7.50. The average Bonchev–Trinajstić information content (AvgIpc) is 3.05. The zero-order valence-electron chi connectivity index (χ0n) is 13.3. The largest absolute Gasteiger partial charge is 0.468 e. The lowest BCUT2D eigenvalue weighted by molar-refractivity contribution is -0.143. The molecule has 0 bridgehead atoms. The van der Waals surface area contributed by atoms with Crippen molar-refractivity contribution in [2.75, 3.05) is 7.11 Å². The Hall–Kier alpha value is -2.14. The molecule has 1 unspecified atom stereocenters. The Morgan fingerprint density at radius 2 is 2.05 bits per heavy atom. The maximum absolute atomic E-state index is 11.8. The van der Waals surface area contributed by atoms with Crippen molar-refractivity contribution in [2.45, 2.75) is 32.9 Å². The first-order chi connectivity index (χ1) is 10.6. The highest BCUT2D eigenvalue weighted by Crippen LogP contribution is 2.10. The number of hydrogen-bond donors (Lipinski definition) is 1. The molecule has 1 aromatic carbocycles. The molecule has 0 saturated heterocycles. The predicted octanol–water partition coefficient (Wildman–Crippen LogP) is 2.55. The highest BCUT2D eigenvalue weighted by atomic mass is 16.5. The maximum atomic E-state index is 11.8. The van der Waals surface area contributed by atoms with E-state index in [2.05, 4.69) is 24.3 Å². The van der Waals surface area contributed by atoms with Crippen molar-refractivity contribution in [1.82, 2.24) is 15.1 Å². The second-order valence-electron chi connectivity index (χ2n) is 5.70. The van der Waals surface area contributed by atoms with Gasteiger partial charge in [-0.1, -0.05) is 26.0 Å². The Labute approximate surface area is 131 Å². The number of methoxy groups -OCH3 is 1. The molecule has 5 heteroatoms. The molecule has 0 amide bonds. The van der Waals surface area contributed by atoms with Crippen LogP contribution in [-0.4, -0.2) is 28.9 Å². The molecular weight excluding hydrogens is 278 g/mol. The van der Waals surface area contributed by atoms with Crippen LogP contribution >= 0.6 is 0 Å². The monoisotopic (exact) mass is 301 g/mol. The van der Waals surface area contributed by atoms with Crippen LogP contribution in [0.5, 0.6) is 0 Å². The van der Waals surface area contributed by atoms with E-state index in [9.17, 15) is 4.79 Å². The van der Waals surface area contributed by atoms with E-state index in [0.717, 1.165) is 17.7 Å². The summed E-state index contributed by atoms with van der Waals surface area (Å²) in [4.78, 5) is 11.8. The lowest BCUT2D eigenvalue weighted by Gasteiger charge is -2.18. The van der Waals surface area contributed by atoms with Crippen LogP contribution in [0.2, 0.25) is 0 Å². The van der Waals surface area contributed by atoms with Crippen LogP contribution in [0.4, 0.5) is 0 Å². The van der Waals surface area contributed by atoms with Crippen molar-refractivity contribution in [3.63, 3.8) is 0 Å². The van der Waals surface area contributed by atoms with Crippen molar-refractivity contribution in [2.24, 2.45) is 5.92 Å². The van der Waals surface area contributed by atoms with Gasteiger partial charge in [0.2, 0.25) is 0 Å². The van der Waals surface area contributed by atoms with Gasteiger partial charge in [-0.2, -0.15) is 5.10 Å². The number of ether oxygens (including phenoxy) is 1. The van der Waals surface area contributed by atoms with Crippen molar-refractivity contribution >= 4 is 5.97 Å². The summed E-state index contributed by atoms with van der Waals surface area (Å²) in [6.45, 7) is 4.82. The minimum atomic E-state index is -0.268. The molecule has 0 aliphatic rings. The highest BCUT2D eigenvalue weighted by molar-refractivity contribution is 5.75. The third kappa shape index (κ3) is 4.43. The molecule has 0 saturated carbocycles. The fourth-order valence-electron chi connectivity index (χ4n) is 2.31. The molecule has 118 valence electrons. The Balaban J connectivity index is 1.96. The second kappa shape index (κ2) is 7.75. The molecule has 22 heavy (non-hydrogen) atoms. The first kappa shape index (κ1) is 16.2. The van der Waals surface area contributed by atoms with E-state index in [1.54, 1.807) is 6.20 Å². The summed E-state index contributed by atoms with van der Waals surface area (Å²) in [5, 5.41) is 7.47. The fourth-order valence-corrected chi connectivity index (χ4v) is 2.31.